The molecule has 0 spiro atoms. The lowest BCUT2D eigenvalue weighted by atomic mass is 10.3. The van der Waals surface area contributed by atoms with Crippen LogP contribution < -0.4 is 0 Å². The van der Waals surface area contributed by atoms with Crippen LogP contribution in [0, 0.1) is 11.3 Å². The Morgan fingerprint density at radius 2 is 2.25 bits per heavy atom. The van der Waals surface area contributed by atoms with E-state index < -0.39 is 0 Å². The molecule has 0 aromatic carbocycles. The molecule has 2 N–H and O–H groups in total. The standard InChI is InChI=1S/C5H7NO2/c6-3-5(4-8)1-2-7/h1,7-8H,2,4H2/b5-1+. The van der Waals surface area contributed by atoms with Crippen LogP contribution in [0.2, 0.25) is 0 Å². The molecule has 0 aromatic rings. The highest BCUT2D eigenvalue weighted by Gasteiger charge is 1.86. The van der Waals surface area contributed by atoms with Gasteiger partial charge in [0.1, 0.15) is 0 Å². The molecule has 0 aliphatic carbocycles. The molecule has 0 atom stereocenters. The molecule has 0 unspecified atom stereocenters. The van der Waals surface area contributed by atoms with Gasteiger partial charge in [0.05, 0.1) is 24.9 Å². The Balaban J connectivity index is 3.72. The summed E-state index contributed by atoms with van der Waals surface area (Å²) in [7, 11) is 0. The number of nitriles is 1. The Morgan fingerprint density at radius 3 is 2.38 bits per heavy atom. The number of nitrogens with zero attached hydrogens (tertiary/aromatic N) is 1. The van der Waals surface area contributed by atoms with Crippen LogP contribution >= 0.6 is 0 Å². The van der Waals surface area contributed by atoms with E-state index in [4.69, 9.17) is 15.5 Å². The molecule has 0 rings (SSSR count). The molecule has 0 saturated carbocycles. The summed E-state index contributed by atoms with van der Waals surface area (Å²) in [4.78, 5) is 0. The number of hydrogen-bond donors (Lipinski definition) is 2. The topological polar surface area (TPSA) is 64.2 Å². The van der Waals surface area contributed by atoms with Crippen LogP contribution in [0.5, 0.6) is 0 Å². The molecule has 3 heteroatoms. The first-order valence-electron chi connectivity index (χ1n) is 2.16. The van der Waals surface area contributed by atoms with Crippen molar-refractivity contribution in [3.63, 3.8) is 0 Å². The van der Waals surface area contributed by atoms with E-state index >= 15 is 0 Å². The summed E-state index contributed by atoms with van der Waals surface area (Å²) in [6, 6.07) is 1.70. The largest absolute Gasteiger partial charge is 0.392 e. The van der Waals surface area contributed by atoms with Gasteiger partial charge in [0.2, 0.25) is 0 Å². The minimum absolute atomic E-state index is 0.191. The Morgan fingerprint density at radius 1 is 1.62 bits per heavy atom. The fourth-order valence-corrected chi connectivity index (χ4v) is 0.256. The minimum atomic E-state index is -0.295. The van der Waals surface area contributed by atoms with Gasteiger partial charge in [0, 0.05) is 0 Å². The van der Waals surface area contributed by atoms with Gasteiger partial charge in [-0.15, -0.1) is 0 Å². The highest BCUT2D eigenvalue weighted by Crippen LogP contribution is 1.86. The van der Waals surface area contributed by atoms with E-state index in [2.05, 4.69) is 0 Å². The monoisotopic (exact) mass is 113 g/mol. The van der Waals surface area contributed by atoms with E-state index in [0.717, 1.165) is 0 Å². The Hall–Kier alpha value is -0.850. The zero-order valence-corrected chi connectivity index (χ0v) is 4.33. The van der Waals surface area contributed by atoms with Crippen molar-refractivity contribution in [1.29, 1.82) is 5.26 Å². The molecule has 0 saturated heterocycles. The third-order valence-electron chi connectivity index (χ3n) is 0.652. The molecule has 8 heavy (non-hydrogen) atoms. The zero-order chi connectivity index (χ0) is 6.41. The van der Waals surface area contributed by atoms with Gasteiger partial charge in [0.15, 0.2) is 0 Å². The van der Waals surface area contributed by atoms with Crippen LogP contribution in [0.4, 0.5) is 0 Å². The van der Waals surface area contributed by atoms with Gasteiger partial charge in [-0.05, 0) is 6.08 Å². The summed E-state index contributed by atoms with van der Waals surface area (Å²) in [6.45, 7) is -0.486. The molecule has 0 fully saturated rings. The minimum Gasteiger partial charge on any atom is -0.392 e. The quantitative estimate of drug-likeness (QED) is 0.471. The molecule has 0 bridgehead atoms. The maximum absolute atomic E-state index is 8.26. The second-order valence-electron chi connectivity index (χ2n) is 1.18. The summed E-state index contributed by atoms with van der Waals surface area (Å²) < 4.78 is 0. The second kappa shape index (κ2) is 4.31. The third kappa shape index (κ3) is 2.35. The molecule has 0 amide bonds. The first kappa shape index (κ1) is 7.15. The van der Waals surface area contributed by atoms with E-state index in [9.17, 15) is 0 Å². The first-order valence-corrected chi connectivity index (χ1v) is 2.16. The summed E-state index contributed by atoms with van der Waals surface area (Å²) in [5, 5.41) is 24.5. The maximum Gasteiger partial charge on any atom is 0.0969 e. The van der Waals surface area contributed by atoms with Crippen molar-refractivity contribution < 1.29 is 10.2 Å². The summed E-state index contributed by atoms with van der Waals surface area (Å²) in [5.41, 5.74) is 0.201. The number of aliphatic hydroxyl groups is 2. The predicted molar refractivity (Wildman–Crippen MR) is 27.9 cm³/mol. The Bertz CT molecular complexity index is 123. The normalized spacial score (nSPS) is 10.9. The van der Waals surface area contributed by atoms with Crippen molar-refractivity contribution in [2.24, 2.45) is 0 Å². The maximum atomic E-state index is 8.26. The lowest BCUT2D eigenvalue weighted by Gasteiger charge is -1.84. The number of rotatable bonds is 2. The fraction of sp³-hybridized carbons (Fsp3) is 0.400. The van der Waals surface area contributed by atoms with Crippen molar-refractivity contribution in [2.75, 3.05) is 13.2 Å². The van der Waals surface area contributed by atoms with Crippen LogP contribution in [0.3, 0.4) is 0 Å². The zero-order valence-electron chi connectivity index (χ0n) is 4.33. The first-order chi connectivity index (χ1) is 3.85. The van der Waals surface area contributed by atoms with Crippen LogP contribution in [-0.4, -0.2) is 23.4 Å². The molecule has 3 nitrogen and oxygen atoms in total. The van der Waals surface area contributed by atoms with Gasteiger partial charge < -0.3 is 10.2 Å². The third-order valence-corrected chi connectivity index (χ3v) is 0.652. The van der Waals surface area contributed by atoms with Crippen LogP contribution in [-0.2, 0) is 0 Å². The van der Waals surface area contributed by atoms with Gasteiger partial charge in [-0.2, -0.15) is 5.26 Å². The smallest absolute Gasteiger partial charge is 0.0969 e. The molecule has 0 radical (unpaired) electrons. The van der Waals surface area contributed by atoms with E-state index in [0.29, 0.717) is 0 Å². The Kier molecular flexibility index (Phi) is 3.85. The average molecular weight is 113 g/mol. The van der Waals surface area contributed by atoms with Crippen LogP contribution in [0.1, 0.15) is 0 Å². The lowest BCUT2D eigenvalue weighted by molar-refractivity contribution is 0.323. The van der Waals surface area contributed by atoms with Gasteiger partial charge in [-0.3, -0.25) is 0 Å². The molecule has 0 aliphatic rings. The van der Waals surface area contributed by atoms with Crippen LogP contribution in [0.25, 0.3) is 0 Å². The number of hydrogen-bond acceptors (Lipinski definition) is 3. The van der Waals surface area contributed by atoms with Crippen molar-refractivity contribution in [2.45, 2.75) is 0 Å². The van der Waals surface area contributed by atoms with Crippen LogP contribution in [0.15, 0.2) is 11.6 Å². The Labute approximate surface area is 47.5 Å². The SMILES string of the molecule is N#C/C(=C\CO)CO. The summed E-state index contributed by atoms with van der Waals surface area (Å²) in [6.07, 6.45) is 1.26. The molecule has 0 aromatic heterocycles. The lowest BCUT2D eigenvalue weighted by Crippen LogP contribution is -1.87. The molecular formula is C5H7NO2. The van der Waals surface area contributed by atoms with Crippen molar-refractivity contribution >= 4 is 0 Å². The highest BCUT2D eigenvalue weighted by molar-refractivity contribution is 5.20. The fourth-order valence-electron chi connectivity index (χ4n) is 0.256. The molecule has 0 aliphatic heterocycles. The molecule has 44 valence electrons. The highest BCUT2D eigenvalue weighted by atomic mass is 16.3. The van der Waals surface area contributed by atoms with E-state index in [1.807, 2.05) is 0 Å². The molecular weight excluding hydrogens is 106 g/mol. The van der Waals surface area contributed by atoms with Crippen molar-refractivity contribution in [1.82, 2.24) is 0 Å². The summed E-state index contributed by atoms with van der Waals surface area (Å²) in [5.74, 6) is 0. The van der Waals surface area contributed by atoms with Gasteiger partial charge in [-0.25, -0.2) is 0 Å². The second-order valence-corrected chi connectivity index (χ2v) is 1.18. The van der Waals surface area contributed by atoms with Gasteiger partial charge in [-0.1, -0.05) is 0 Å². The van der Waals surface area contributed by atoms with E-state index in [-0.39, 0.29) is 18.8 Å². The van der Waals surface area contributed by atoms with Gasteiger partial charge >= 0.3 is 0 Å². The van der Waals surface area contributed by atoms with Crippen molar-refractivity contribution in [3.05, 3.63) is 11.6 Å². The van der Waals surface area contributed by atoms with E-state index in [1.54, 1.807) is 6.07 Å². The molecule has 0 heterocycles. The van der Waals surface area contributed by atoms with E-state index in [1.165, 1.54) is 6.08 Å². The summed E-state index contributed by atoms with van der Waals surface area (Å²) >= 11 is 0. The van der Waals surface area contributed by atoms with Crippen molar-refractivity contribution in [3.8, 4) is 6.07 Å². The average Bonchev–Trinajstić information content (AvgIpc) is 1.83. The predicted octanol–water partition coefficient (Wildman–Crippen LogP) is -0.579. The number of aliphatic hydroxyl groups excluding tert-OH is 2. The van der Waals surface area contributed by atoms with Gasteiger partial charge in [0.25, 0.3) is 0 Å².